The van der Waals surface area contributed by atoms with Crippen molar-refractivity contribution >= 4 is 38.5 Å². The van der Waals surface area contributed by atoms with Crippen molar-refractivity contribution in [3.05, 3.63) is 120 Å². The molecule has 1 amide bonds. The number of nitrogens with two attached hydrogens (primary N) is 1. The fraction of sp³-hybridized carbons (Fsp3) is 0.0645. The number of hydrogen-bond donors (Lipinski definition) is 1. The van der Waals surface area contributed by atoms with Gasteiger partial charge in [-0.2, -0.15) is 0 Å². The molecule has 0 atom stereocenters. The van der Waals surface area contributed by atoms with Gasteiger partial charge in [0.05, 0.1) is 11.0 Å². The summed E-state index contributed by atoms with van der Waals surface area (Å²) in [7, 11) is 0. The Morgan fingerprint density at radius 3 is 2.35 bits per heavy atom. The molecule has 34 heavy (non-hydrogen) atoms. The summed E-state index contributed by atoms with van der Waals surface area (Å²) in [6.07, 6.45) is 0. The van der Waals surface area contributed by atoms with Gasteiger partial charge in [-0.05, 0) is 58.7 Å². The molecule has 5 aromatic carbocycles. The summed E-state index contributed by atoms with van der Waals surface area (Å²) in [6.45, 7) is 2.82. The van der Waals surface area contributed by atoms with Gasteiger partial charge in [0, 0.05) is 22.9 Å². The Hall–Kier alpha value is -4.37. The number of hydrogen-bond acceptors (Lipinski definition) is 1. The van der Waals surface area contributed by atoms with Crippen LogP contribution < -0.4 is 5.73 Å². The second kappa shape index (κ2) is 7.89. The lowest BCUT2D eigenvalue weighted by Crippen LogP contribution is -2.11. The molecular weight excluding hydrogens is 416 g/mol. The van der Waals surface area contributed by atoms with Crippen molar-refractivity contribution in [1.29, 1.82) is 0 Å². The molecule has 0 fully saturated rings. The summed E-state index contributed by atoms with van der Waals surface area (Å²) in [4.78, 5) is 12.3. The van der Waals surface area contributed by atoms with Gasteiger partial charge in [0.25, 0.3) is 0 Å². The molecule has 1 heterocycles. The van der Waals surface area contributed by atoms with E-state index in [2.05, 4.69) is 96.4 Å². The average Bonchev–Trinajstić information content (AvgIpc) is 3.17. The van der Waals surface area contributed by atoms with Crippen LogP contribution in [0.5, 0.6) is 0 Å². The fourth-order valence-electron chi connectivity index (χ4n) is 5.03. The Balaban J connectivity index is 1.59. The highest BCUT2D eigenvalue weighted by molar-refractivity contribution is 6.18. The highest BCUT2D eigenvalue weighted by Crippen LogP contribution is 2.35. The van der Waals surface area contributed by atoms with Gasteiger partial charge < -0.3 is 10.3 Å². The van der Waals surface area contributed by atoms with Gasteiger partial charge in [-0.15, -0.1) is 0 Å². The minimum atomic E-state index is -0.405. The fourth-order valence-corrected chi connectivity index (χ4v) is 5.03. The van der Waals surface area contributed by atoms with Crippen LogP contribution in [0.2, 0.25) is 0 Å². The highest BCUT2D eigenvalue weighted by Gasteiger charge is 2.17. The summed E-state index contributed by atoms with van der Waals surface area (Å²) in [5.74, 6) is -0.405. The number of amides is 1. The predicted molar refractivity (Wildman–Crippen MR) is 141 cm³/mol. The number of carbonyl (C=O) groups excluding carboxylic acids is 1. The molecule has 3 nitrogen and oxygen atoms in total. The van der Waals surface area contributed by atoms with E-state index in [0.29, 0.717) is 12.1 Å². The molecule has 0 aliphatic carbocycles. The van der Waals surface area contributed by atoms with E-state index in [9.17, 15) is 4.79 Å². The largest absolute Gasteiger partial charge is 0.366 e. The molecule has 164 valence electrons. The van der Waals surface area contributed by atoms with Crippen LogP contribution in [-0.2, 0) is 6.54 Å². The zero-order valence-electron chi connectivity index (χ0n) is 19.0. The maximum Gasteiger partial charge on any atom is 0.249 e. The molecule has 6 aromatic rings. The maximum atomic E-state index is 12.3. The summed E-state index contributed by atoms with van der Waals surface area (Å²) >= 11 is 0. The first-order chi connectivity index (χ1) is 16.6. The number of rotatable bonds is 4. The summed E-state index contributed by atoms with van der Waals surface area (Å²) < 4.78 is 2.30. The van der Waals surface area contributed by atoms with Crippen molar-refractivity contribution in [2.75, 3.05) is 0 Å². The minimum absolute atomic E-state index is 0.405. The molecule has 0 bridgehead atoms. The van der Waals surface area contributed by atoms with Crippen LogP contribution in [0.15, 0.2) is 103 Å². The molecule has 3 heteroatoms. The van der Waals surface area contributed by atoms with Gasteiger partial charge in [0.1, 0.15) is 0 Å². The SMILES string of the molecule is Cc1ccc2cc(Cn3c4cc(-c5ccccc5)ccc4c4c(C(N)=O)cccc43)ccc2c1. The van der Waals surface area contributed by atoms with Crippen molar-refractivity contribution in [2.45, 2.75) is 13.5 Å². The Kier molecular flexibility index (Phi) is 4.70. The average molecular weight is 441 g/mol. The van der Waals surface area contributed by atoms with E-state index in [1.807, 2.05) is 18.2 Å². The van der Waals surface area contributed by atoms with Crippen LogP contribution in [-0.4, -0.2) is 10.5 Å². The highest BCUT2D eigenvalue weighted by atomic mass is 16.1. The Labute approximate surface area is 198 Å². The monoisotopic (exact) mass is 440 g/mol. The van der Waals surface area contributed by atoms with Crippen molar-refractivity contribution < 1.29 is 4.79 Å². The topological polar surface area (TPSA) is 48.0 Å². The molecule has 0 aliphatic heterocycles. The van der Waals surface area contributed by atoms with Crippen molar-refractivity contribution in [3.8, 4) is 11.1 Å². The minimum Gasteiger partial charge on any atom is -0.366 e. The molecule has 0 aliphatic rings. The van der Waals surface area contributed by atoms with Gasteiger partial charge in [0.15, 0.2) is 0 Å². The quantitative estimate of drug-likeness (QED) is 0.313. The Morgan fingerprint density at radius 2 is 1.53 bits per heavy atom. The second-order valence-corrected chi connectivity index (χ2v) is 8.93. The van der Waals surface area contributed by atoms with Crippen LogP contribution >= 0.6 is 0 Å². The van der Waals surface area contributed by atoms with Gasteiger partial charge in [-0.25, -0.2) is 0 Å². The number of benzene rings is 5. The Bertz CT molecular complexity index is 1710. The van der Waals surface area contributed by atoms with Crippen LogP contribution in [0, 0.1) is 6.92 Å². The number of carbonyl (C=O) groups is 1. The van der Waals surface area contributed by atoms with Gasteiger partial charge in [-0.1, -0.05) is 84.4 Å². The van der Waals surface area contributed by atoms with E-state index in [4.69, 9.17) is 5.73 Å². The number of nitrogens with zero attached hydrogens (tertiary/aromatic N) is 1. The molecule has 0 unspecified atom stereocenters. The molecular formula is C31H24N2O. The van der Waals surface area contributed by atoms with Gasteiger partial charge in [0.2, 0.25) is 5.91 Å². The summed E-state index contributed by atoms with van der Waals surface area (Å²) in [6, 6.07) is 35.8. The van der Waals surface area contributed by atoms with Crippen LogP contribution in [0.3, 0.4) is 0 Å². The first-order valence-corrected chi connectivity index (χ1v) is 11.5. The molecule has 1 aromatic heterocycles. The van der Waals surface area contributed by atoms with E-state index in [-0.39, 0.29) is 0 Å². The number of aryl methyl sites for hydroxylation is 1. The molecule has 0 spiro atoms. The predicted octanol–water partition coefficient (Wildman–Crippen LogP) is 7.07. The summed E-state index contributed by atoms with van der Waals surface area (Å²) in [5, 5.41) is 4.43. The molecule has 0 saturated heterocycles. The lowest BCUT2D eigenvalue weighted by atomic mass is 10.0. The lowest BCUT2D eigenvalue weighted by molar-refractivity contribution is 0.100. The van der Waals surface area contributed by atoms with E-state index in [1.54, 1.807) is 0 Å². The number of aromatic nitrogens is 1. The third kappa shape index (κ3) is 3.34. The molecule has 0 radical (unpaired) electrons. The number of fused-ring (bicyclic) bond motifs is 4. The lowest BCUT2D eigenvalue weighted by Gasteiger charge is -2.11. The van der Waals surface area contributed by atoms with Crippen molar-refractivity contribution in [2.24, 2.45) is 5.73 Å². The third-order valence-corrected chi connectivity index (χ3v) is 6.66. The molecule has 2 N–H and O–H groups in total. The van der Waals surface area contributed by atoms with E-state index in [1.165, 1.54) is 21.9 Å². The summed E-state index contributed by atoms with van der Waals surface area (Å²) in [5.41, 5.74) is 13.2. The van der Waals surface area contributed by atoms with Crippen LogP contribution in [0.1, 0.15) is 21.5 Å². The third-order valence-electron chi connectivity index (χ3n) is 6.66. The smallest absolute Gasteiger partial charge is 0.249 e. The normalized spacial score (nSPS) is 11.4. The van der Waals surface area contributed by atoms with E-state index in [0.717, 1.165) is 32.9 Å². The first kappa shape index (κ1) is 20.3. The molecule has 6 rings (SSSR count). The van der Waals surface area contributed by atoms with E-state index < -0.39 is 5.91 Å². The second-order valence-electron chi connectivity index (χ2n) is 8.93. The molecule has 0 saturated carbocycles. The van der Waals surface area contributed by atoms with Gasteiger partial charge in [-0.3, -0.25) is 4.79 Å². The Morgan fingerprint density at radius 1 is 0.735 bits per heavy atom. The number of primary amides is 1. The standard InChI is InChI=1S/C31H24N2O/c1-20-10-12-24-17-21(11-13-23(24)16-20)19-33-28-9-5-8-27(31(32)34)30(28)26-15-14-25(18-29(26)33)22-6-3-2-4-7-22/h2-18H,19H2,1H3,(H2,32,34). The zero-order valence-corrected chi connectivity index (χ0v) is 19.0. The zero-order chi connectivity index (χ0) is 23.2. The van der Waals surface area contributed by atoms with Crippen molar-refractivity contribution in [1.82, 2.24) is 4.57 Å². The maximum absolute atomic E-state index is 12.3. The van der Waals surface area contributed by atoms with E-state index >= 15 is 0 Å². The van der Waals surface area contributed by atoms with Crippen LogP contribution in [0.4, 0.5) is 0 Å². The van der Waals surface area contributed by atoms with Gasteiger partial charge >= 0.3 is 0 Å². The van der Waals surface area contributed by atoms with Crippen LogP contribution in [0.25, 0.3) is 43.7 Å². The van der Waals surface area contributed by atoms with Crippen molar-refractivity contribution in [3.63, 3.8) is 0 Å². The first-order valence-electron chi connectivity index (χ1n) is 11.5.